The normalized spacial score (nSPS) is 12.0. The van der Waals surface area contributed by atoms with Crippen LogP contribution < -0.4 is 19.9 Å². The Hall–Kier alpha value is -1.46. The van der Waals surface area contributed by atoms with E-state index >= 15 is 0 Å². The first-order valence-corrected chi connectivity index (χ1v) is 7.28. The van der Waals surface area contributed by atoms with Crippen LogP contribution in [0.5, 0.6) is 17.2 Å². The molecule has 0 fully saturated rings. The lowest BCUT2D eigenvalue weighted by atomic mass is 10.0. The quantitative estimate of drug-likeness (QED) is 0.672. The summed E-state index contributed by atoms with van der Waals surface area (Å²) in [5.74, 6) is 1.97. The molecule has 0 saturated carbocycles. The molecule has 0 aliphatic carbocycles. The van der Waals surface area contributed by atoms with Crippen molar-refractivity contribution in [1.29, 1.82) is 0 Å². The second-order valence-electron chi connectivity index (χ2n) is 4.90. The van der Waals surface area contributed by atoms with Crippen molar-refractivity contribution >= 4 is 0 Å². The van der Waals surface area contributed by atoms with Crippen molar-refractivity contribution in [2.45, 2.75) is 32.2 Å². The van der Waals surface area contributed by atoms with E-state index in [1.807, 2.05) is 12.1 Å². The van der Waals surface area contributed by atoms with E-state index in [4.69, 9.17) is 24.7 Å². The summed E-state index contributed by atoms with van der Waals surface area (Å²) >= 11 is 0. The summed E-state index contributed by atoms with van der Waals surface area (Å²) in [5, 5.41) is 0. The number of rotatable bonds is 10. The Balaban J connectivity index is 2.90. The van der Waals surface area contributed by atoms with Crippen LogP contribution in [0.3, 0.4) is 0 Å². The number of methoxy groups -OCH3 is 3. The molecule has 5 heteroatoms. The fourth-order valence-electron chi connectivity index (χ4n) is 2.02. The third-order valence-corrected chi connectivity index (χ3v) is 3.28. The molecule has 0 spiro atoms. The second-order valence-corrected chi connectivity index (χ2v) is 4.90. The summed E-state index contributed by atoms with van der Waals surface area (Å²) in [6.07, 6.45) is 2.53. The Morgan fingerprint density at radius 2 is 1.67 bits per heavy atom. The molecule has 1 aromatic carbocycles. The van der Waals surface area contributed by atoms with Gasteiger partial charge in [-0.3, -0.25) is 0 Å². The van der Waals surface area contributed by atoms with Crippen LogP contribution in [0.2, 0.25) is 0 Å². The van der Waals surface area contributed by atoms with Crippen molar-refractivity contribution in [2.24, 2.45) is 5.73 Å². The number of benzene rings is 1. The van der Waals surface area contributed by atoms with E-state index < -0.39 is 0 Å². The molecule has 0 radical (unpaired) electrons. The first-order chi connectivity index (χ1) is 10.2. The summed E-state index contributed by atoms with van der Waals surface area (Å²) in [7, 11) is 4.92. The lowest BCUT2D eigenvalue weighted by Gasteiger charge is -2.17. The first-order valence-electron chi connectivity index (χ1n) is 7.28. The van der Waals surface area contributed by atoms with Crippen LogP contribution in [0.15, 0.2) is 12.1 Å². The Morgan fingerprint density at radius 1 is 1.05 bits per heavy atom. The highest BCUT2D eigenvalue weighted by atomic mass is 16.5. The van der Waals surface area contributed by atoms with Crippen molar-refractivity contribution in [2.75, 3.05) is 34.5 Å². The lowest BCUT2D eigenvalue weighted by molar-refractivity contribution is 0.169. The Kier molecular flexibility index (Phi) is 7.93. The Labute approximate surface area is 127 Å². The van der Waals surface area contributed by atoms with E-state index in [9.17, 15) is 0 Å². The predicted molar refractivity (Wildman–Crippen MR) is 83.5 cm³/mol. The van der Waals surface area contributed by atoms with Gasteiger partial charge in [0.25, 0.3) is 0 Å². The molecule has 0 bridgehead atoms. The summed E-state index contributed by atoms with van der Waals surface area (Å²) < 4.78 is 21.6. The van der Waals surface area contributed by atoms with Crippen molar-refractivity contribution in [3.8, 4) is 17.2 Å². The summed E-state index contributed by atoms with van der Waals surface area (Å²) in [6, 6.07) is 4.06. The zero-order valence-corrected chi connectivity index (χ0v) is 13.5. The molecule has 1 rings (SSSR count). The maximum absolute atomic E-state index is 6.01. The van der Waals surface area contributed by atoms with Gasteiger partial charge in [0.05, 0.1) is 20.8 Å². The highest BCUT2D eigenvalue weighted by Gasteiger charge is 2.15. The Morgan fingerprint density at radius 3 is 2.14 bits per heavy atom. The van der Waals surface area contributed by atoms with Crippen molar-refractivity contribution in [3.05, 3.63) is 17.7 Å². The summed E-state index contributed by atoms with van der Waals surface area (Å²) in [5.41, 5.74) is 7.10. The smallest absolute Gasteiger partial charge is 0.203 e. The molecule has 5 nitrogen and oxygen atoms in total. The molecule has 0 amide bonds. The average molecular weight is 297 g/mol. The van der Waals surface area contributed by atoms with Crippen molar-refractivity contribution < 1.29 is 18.9 Å². The molecule has 0 saturated heterocycles. The molecule has 2 N–H and O–H groups in total. The van der Waals surface area contributed by atoms with Gasteiger partial charge in [-0.15, -0.1) is 0 Å². The average Bonchev–Trinajstić information content (AvgIpc) is 2.51. The molecule has 21 heavy (non-hydrogen) atoms. The van der Waals surface area contributed by atoms with Crippen LogP contribution >= 0.6 is 0 Å². The fourth-order valence-corrected chi connectivity index (χ4v) is 2.02. The van der Waals surface area contributed by atoms with Gasteiger partial charge in [0.15, 0.2) is 11.5 Å². The van der Waals surface area contributed by atoms with Crippen LogP contribution in [0, 0.1) is 0 Å². The van der Waals surface area contributed by atoms with E-state index in [2.05, 4.69) is 6.92 Å². The molecule has 0 aromatic heterocycles. The third kappa shape index (κ3) is 5.44. The number of ether oxygens (including phenoxy) is 4. The molecule has 120 valence electrons. The summed E-state index contributed by atoms with van der Waals surface area (Å²) in [4.78, 5) is 0. The van der Waals surface area contributed by atoms with E-state index in [0.717, 1.165) is 24.8 Å². The standard InChI is InChI=1S/C16H27NO4/c1-5-13(17)9-12-10-14(19-3)16(15(11-12)20-4)21-8-6-7-18-2/h10-11,13H,5-9,17H2,1-4H3. The van der Waals surface area contributed by atoms with Crippen LogP contribution in [-0.2, 0) is 11.2 Å². The van der Waals surface area contributed by atoms with Gasteiger partial charge in [-0.05, 0) is 30.5 Å². The van der Waals surface area contributed by atoms with Crippen molar-refractivity contribution in [3.63, 3.8) is 0 Å². The maximum atomic E-state index is 6.01. The minimum atomic E-state index is 0.132. The van der Waals surface area contributed by atoms with Gasteiger partial charge in [-0.2, -0.15) is 0 Å². The third-order valence-electron chi connectivity index (χ3n) is 3.28. The minimum absolute atomic E-state index is 0.132. The Bertz CT molecular complexity index is 398. The van der Waals surface area contributed by atoms with Gasteiger partial charge in [0.2, 0.25) is 5.75 Å². The lowest BCUT2D eigenvalue weighted by Crippen LogP contribution is -2.21. The molecule has 0 heterocycles. The second kappa shape index (κ2) is 9.47. The zero-order chi connectivity index (χ0) is 15.7. The van der Waals surface area contributed by atoms with Crippen LogP contribution in [-0.4, -0.2) is 40.6 Å². The van der Waals surface area contributed by atoms with Crippen LogP contribution in [0.25, 0.3) is 0 Å². The molecule has 1 unspecified atom stereocenters. The van der Waals surface area contributed by atoms with Gasteiger partial charge in [0.1, 0.15) is 0 Å². The van der Waals surface area contributed by atoms with Gasteiger partial charge < -0.3 is 24.7 Å². The predicted octanol–water partition coefficient (Wildman–Crippen LogP) is 2.40. The van der Waals surface area contributed by atoms with Crippen LogP contribution in [0.4, 0.5) is 0 Å². The maximum Gasteiger partial charge on any atom is 0.203 e. The van der Waals surface area contributed by atoms with Crippen molar-refractivity contribution in [1.82, 2.24) is 0 Å². The van der Waals surface area contributed by atoms with Gasteiger partial charge >= 0.3 is 0 Å². The molecule has 0 aliphatic heterocycles. The largest absolute Gasteiger partial charge is 0.493 e. The highest BCUT2D eigenvalue weighted by Crippen LogP contribution is 2.39. The fraction of sp³-hybridized carbons (Fsp3) is 0.625. The molecular formula is C16H27NO4. The molecule has 1 atom stereocenters. The number of nitrogens with two attached hydrogens (primary N) is 1. The molecular weight excluding hydrogens is 270 g/mol. The van der Waals surface area contributed by atoms with E-state index in [1.54, 1.807) is 21.3 Å². The van der Waals surface area contributed by atoms with Gasteiger partial charge in [0, 0.05) is 26.2 Å². The monoisotopic (exact) mass is 297 g/mol. The van der Waals surface area contributed by atoms with Gasteiger partial charge in [-0.1, -0.05) is 6.92 Å². The first kappa shape index (κ1) is 17.6. The molecule has 0 aliphatic rings. The van der Waals surface area contributed by atoms with E-state index in [0.29, 0.717) is 30.5 Å². The van der Waals surface area contributed by atoms with E-state index in [-0.39, 0.29) is 6.04 Å². The topological polar surface area (TPSA) is 62.9 Å². The number of hydrogen-bond donors (Lipinski definition) is 1. The zero-order valence-electron chi connectivity index (χ0n) is 13.5. The van der Waals surface area contributed by atoms with Crippen LogP contribution in [0.1, 0.15) is 25.3 Å². The molecule has 1 aromatic rings. The summed E-state index contributed by atoms with van der Waals surface area (Å²) in [6.45, 7) is 3.29. The number of hydrogen-bond acceptors (Lipinski definition) is 5. The van der Waals surface area contributed by atoms with Gasteiger partial charge in [-0.25, -0.2) is 0 Å². The highest BCUT2D eigenvalue weighted by molar-refractivity contribution is 5.54. The van der Waals surface area contributed by atoms with E-state index in [1.165, 1.54) is 0 Å². The minimum Gasteiger partial charge on any atom is -0.493 e. The SMILES string of the molecule is CCC(N)Cc1cc(OC)c(OCCCOC)c(OC)c1.